The Morgan fingerprint density at radius 2 is 1.69 bits per heavy atom. The van der Waals surface area contributed by atoms with Gasteiger partial charge in [0.15, 0.2) is 0 Å². The highest BCUT2D eigenvalue weighted by molar-refractivity contribution is 7.89. The molecule has 3 rings (SSSR count). The molecule has 0 aliphatic carbocycles. The lowest BCUT2D eigenvalue weighted by Crippen LogP contribution is -2.50. The first kappa shape index (κ1) is 24.2. The number of alkyl halides is 3. The Morgan fingerprint density at radius 3 is 2.25 bits per heavy atom. The molecular formula is C23H26F3N3O2S. The Hall–Kier alpha value is -2.41. The number of hydrogen-bond acceptors (Lipinski definition) is 4. The number of benzene rings is 2. The molecule has 172 valence electrons. The number of piperidine rings is 1. The summed E-state index contributed by atoms with van der Waals surface area (Å²) in [6.07, 6.45) is -3.84. The maximum Gasteiger partial charge on any atom is 0.417 e. The van der Waals surface area contributed by atoms with Gasteiger partial charge in [0, 0.05) is 24.7 Å². The lowest BCUT2D eigenvalue weighted by Gasteiger charge is -2.40. The molecule has 1 fully saturated rings. The van der Waals surface area contributed by atoms with Crippen molar-refractivity contribution in [3.8, 4) is 17.2 Å². The Labute approximate surface area is 186 Å². The molecular weight excluding hydrogens is 439 g/mol. The molecule has 1 saturated heterocycles. The molecule has 1 N–H and O–H groups in total. The summed E-state index contributed by atoms with van der Waals surface area (Å²) in [5.74, 6) is 0. The summed E-state index contributed by atoms with van der Waals surface area (Å²) >= 11 is 0. The van der Waals surface area contributed by atoms with Gasteiger partial charge in [-0.2, -0.15) is 18.4 Å². The molecule has 2 aromatic carbocycles. The number of rotatable bonds is 4. The summed E-state index contributed by atoms with van der Waals surface area (Å²) in [6.45, 7) is 7.52. The van der Waals surface area contributed by atoms with Crippen LogP contribution in [-0.4, -0.2) is 38.0 Å². The number of sulfonamides is 1. The monoisotopic (exact) mass is 465 g/mol. The highest BCUT2D eigenvalue weighted by Crippen LogP contribution is 2.38. The fourth-order valence-corrected chi connectivity index (χ4v) is 5.45. The molecule has 0 radical (unpaired) electrons. The summed E-state index contributed by atoms with van der Waals surface area (Å²) in [7, 11) is -4.39. The Kier molecular flexibility index (Phi) is 6.70. The molecule has 1 aliphatic heterocycles. The van der Waals surface area contributed by atoms with Crippen molar-refractivity contribution < 1.29 is 21.6 Å². The van der Waals surface area contributed by atoms with Crippen molar-refractivity contribution in [1.29, 1.82) is 5.26 Å². The van der Waals surface area contributed by atoms with Gasteiger partial charge < -0.3 is 0 Å². The number of nitriles is 1. The predicted molar refractivity (Wildman–Crippen MR) is 116 cm³/mol. The zero-order chi connectivity index (χ0) is 23.7. The first-order chi connectivity index (χ1) is 14.8. The molecule has 0 unspecified atom stereocenters. The van der Waals surface area contributed by atoms with E-state index in [0.29, 0.717) is 31.5 Å². The average Bonchev–Trinajstić information content (AvgIpc) is 2.72. The molecule has 0 atom stereocenters. The molecule has 2 aromatic rings. The van der Waals surface area contributed by atoms with Crippen LogP contribution in [0.3, 0.4) is 0 Å². The Balaban J connectivity index is 1.92. The smallest absolute Gasteiger partial charge is 0.298 e. The van der Waals surface area contributed by atoms with Gasteiger partial charge in [-0.25, -0.2) is 13.1 Å². The zero-order valence-electron chi connectivity index (χ0n) is 18.2. The third kappa shape index (κ3) is 5.31. The van der Waals surface area contributed by atoms with Crippen LogP contribution >= 0.6 is 0 Å². The Bertz CT molecular complexity index is 1120. The molecule has 32 heavy (non-hydrogen) atoms. The van der Waals surface area contributed by atoms with E-state index in [9.17, 15) is 26.9 Å². The van der Waals surface area contributed by atoms with Crippen LogP contribution in [0.4, 0.5) is 13.2 Å². The minimum atomic E-state index is -4.88. The lowest BCUT2D eigenvalue weighted by molar-refractivity contribution is -0.139. The van der Waals surface area contributed by atoms with E-state index in [1.807, 2.05) is 6.07 Å². The van der Waals surface area contributed by atoms with E-state index in [-0.39, 0.29) is 16.7 Å². The van der Waals surface area contributed by atoms with Crippen LogP contribution in [0.1, 0.15) is 44.7 Å². The quantitative estimate of drug-likeness (QED) is 0.705. The molecule has 0 aromatic heterocycles. The second-order valence-corrected chi connectivity index (χ2v) is 10.6. The summed E-state index contributed by atoms with van der Waals surface area (Å²) in [6, 6.07) is 10.8. The van der Waals surface area contributed by atoms with Gasteiger partial charge in [0.1, 0.15) is 0 Å². The molecule has 1 heterocycles. The van der Waals surface area contributed by atoms with E-state index in [4.69, 9.17) is 0 Å². The number of hydrogen-bond donors (Lipinski definition) is 1. The fraction of sp³-hybridized carbons (Fsp3) is 0.435. The summed E-state index contributed by atoms with van der Waals surface area (Å²) in [4.78, 5) is 1.42. The Morgan fingerprint density at radius 1 is 1.06 bits per heavy atom. The molecule has 5 nitrogen and oxygen atoms in total. The number of likely N-dealkylation sites (tertiary alicyclic amines) is 1. The fourth-order valence-electron chi connectivity index (χ4n) is 3.94. The van der Waals surface area contributed by atoms with Crippen molar-refractivity contribution >= 4 is 10.0 Å². The van der Waals surface area contributed by atoms with Crippen molar-refractivity contribution in [3.63, 3.8) is 0 Å². The van der Waals surface area contributed by atoms with Crippen LogP contribution in [0.25, 0.3) is 11.1 Å². The van der Waals surface area contributed by atoms with Gasteiger partial charge in [-0.3, -0.25) is 4.90 Å². The third-order valence-electron chi connectivity index (χ3n) is 5.70. The van der Waals surface area contributed by atoms with E-state index in [2.05, 4.69) is 30.4 Å². The van der Waals surface area contributed by atoms with Crippen molar-refractivity contribution in [1.82, 2.24) is 9.62 Å². The summed E-state index contributed by atoms with van der Waals surface area (Å²) in [5, 5.41) is 9.26. The standard InChI is InChI=1S/C23H26F3N3O2S/c1-22(2,3)29-12-10-18(11-13-29)28-32(30,31)21-9-8-16(14-20(21)23(24,25)26)19-7-5-4-6-17(19)15-27/h4-9,14,18,28H,10-13H2,1-3H3. The van der Waals surface area contributed by atoms with Crippen LogP contribution in [0, 0.1) is 11.3 Å². The highest BCUT2D eigenvalue weighted by atomic mass is 32.2. The van der Waals surface area contributed by atoms with Crippen molar-refractivity contribution in [2.45, 2.75) is 56.3 Å². The molecule has 1 aliphatic rings. The first-order valence-electron chi connectivity index (χ1n) is 10.3. The van der Waals surface area contributed by atoms with Gasteiger partial charge in [0.2, 0.25) is 10.0 Å². The third-order valence-corrected chi connectivity index (χ3v) is 7.28. The van der Waals surface area contributed by atoms with Crippen LogP contribution in [0.15, 0.2) is 47.4 Å². The summed E-state index contributed by atoms with van der Waals surface area (Å²) < 4.78 is 69.9. The van der Waals surface area contributed by atoms with E-state index in [1.54, 1.807) is 12.1 Å². The first-order valence-corrected chi connectivity index (χ1v) is 11.8. The second kappa shape index (κ2) is 8.85. The topological polar surface area (TPSA) is 73.2 Å². The van der Waals surface area contributed by atoms with Crippen molar-refractivity contribution in [2.24, 2.45) is 0 Å². The van der Waals surface area contributed by atoms with Gasteiger partial charge >= 0.3 is 6.18 Å². The van der Waals surface area contributed by atoms with Gasteiger partial charge in [0.25, 0.3) is 0 Å². The van der Waals surface area contributed by atoms with Crippen LogP contribution in [0.2, 0.25) is 0 Å². The predicted octanol–water partition coefficient (Wildman–Crippen LogP) is 4.79. The normalized spacial score (nSPS) is 16.7. The number of halogens is 3. The molecule has 9 heteroatoms. The average molecular weight is 466 g/mol. The molecule has 0 amide bonds. The highest BCUT2D eigenvalue weighted by Gasteiger charge is 2.39. The zero-order valence-corrected chi connectivity index (χ0v) is 19.0. The maximum atomic E-state index is 13.9. The van der Waals surface area contributed by atoms with E-state index >= 15 is 0 Å². The SMILES string of the molecule is CC(C)(C)N1CCC(NS(=O)(=O)c2ccc(-c3ccccc3C#N)cc2C(F)(F)F)CC1. The second-order valence-electron chi connectivity index (χ2n) is 8.92. The van der Waals surface area contributed by atoms with Crippen molar-refractivity contribution in [2.75, 3.05) is 13.1 Å². The van der Waals surface area contributed by atoms with Gasteiger partial charge in [0.05, 0.1) is 22.1 Å². The largest absolute Gasteiger partial charge is 0.417 e. The van der Waals surface area contributed by atoms with Crippen molar-refractivity contribution in [3.05, 3.63) is 53.6 Å². The molecule has 0 spiro atoms. The minimum Gasteiger partial charge on any atom is -0.298 e. The van der Waals surface area contributed by atoms with Gasteiger partial charge in [-0.15, -0.1) is 0 Å². The number of nitrogens with one attached hydrogen (secondary N) is 1. The minimum absolute atomic E-state index is 0.0527. The number of nitrogens with zero attached hydrogens (tertiary/aromatic N) is 2. The van der Waals surface area contributed by atoms with E-state index < -0.39 is 32.7 Å². The lowest BCUT2D eigenvalue weighted by atomic mass is 9.98. The van der Waals surface area contributed by atoms with Gasteiger partial charge in [-0.1, -0.05) is 24.3 Å². The van der Waals surface area contributed by atoms with Crippen LogP contribution in [0.5, 0.6) is 0 Å². The van der Waals surface area contributed by atoms with Crippen LogP contribution < -0.4 is 4.72 Å². The van der Waals surface area contributed by atoms with Gasteiger partial charge in [-0.05, 0) is 62.9 Å². The van der Waals surface area contributed by atoms with E-state index in [1.165, 1.54) is 18.2 Å². The molecule has 0 bridgehead atoms. The van der Waals surface area contributed by atoms with Crippen LogP contribution in [-0.2, 0) is 16.2 Å². The molecule has 0 saturated carbocycles. The van der Waals surface area contributed by atoms with E-state index in [0.717, 1.165) is 12.1 Å². The maximum absolute atomic E-state index is 13.9. The summed E-state index contributed by atoms with van der Waals surface area (Å²) in [5.41, 5.74) is -0.649.